The first-order valence-corrected chi connectivity index (χ1v) is 15.3. The van der Waals surface area contributed by atoms with E-state index in [4.69, 9.17) is 23.8 Å². The van der Waals surface area contributed by atoms with Gasteiger partial charge in [-0.05, 0) is 40.4 Å². The van der Waals surface area contributed by atoms with Crippen LogP contribution >= 0.6 is 0 Å². The molecule has 0 N–H and O–H groups in total. The first kappa shape index (κ1) is 25.0. The minimum atomic E-state index is 0.584. The largest absolute Gasteiger partial charge is 0.456 e. The van der Waals surface area contributed by atoms with Crippen LogP contribution < -0.4 is 0 Å². The zero-order valence-corrected chi connectivity index (χ0v) is 24.4. The summed E-state index contributed by atoms with van der Waals surface area (Å²) in [4.78, 5) is 15.5. The summed E-state index contributed by atoms with van der Waals surface area (Å²) in [6.45, 7) is 0. The summed E-state index contributed by atoms with van der Waals surface area (Å²) in [5, 5.41) is 8.48. The fourth-order valence-electron chi connectivity index (χ4n) is 6.85. The summed E-state index contributed by atoms with van der Waals surface area (Å²) in [6, 6.07) is 47.4. The van der Waals surface area contributed by atoms with Crippen molar-refractivity contribution in [3.05, 3.63) is 140 Å². The van der Waals surface area contributed by atoms with Crippen molar-refractivity contribution >= 4 is 65.4 Å². The van der Waals surface area contributed by atoms with Gasteiger partial charge in [-0.2, -0.15) is 0 Å². The number of furan rings is 2. The topological polar surface area (TPSA) is 65.0 Å². The Balaban J connectivity index is 1.34. The summed E-state index contributed by atoms with van der Waals surface area (Å²) >= 11 is 0. The van der Waals surface area contributed by atoms with Crippen molar-refractivity contribution in [2.24, 2.45) is 0 Å². The maximum absolute atomic E-state index is 6.68. The molecule has 0 radical (unpaired) electrons. The smallest absolute Gasteiger partial charge is 0.164 e. The minimum Gasteiger partial charge on any atom is -0.456 e. The van der Waals surface area contributed by atoms with Crippen LogP contribution in [0.4, 0.5) is 0 Å². The van der Waals surface area contributed by atoms with Crippen molar-refractivity contribution in [2.75, 3.05) is 0 Å². The molecule has 3 aromatic heterocycles. The highest BCUT2D eigenvalue weighted by Crippen LogP contribution is 2.43. The summed E-state index contributed by atoms with van der Waals surface area (Å²) < 4.78 is 12.9. The van der Waals surface area contributed by atoms with Gasteiger partial charge in [-0.3, -0.25) is 0 Å². The molecule has 10 aromatic rings. The van der Waals surface area contributed by atoms with E-state index in [0.29, 0.717) is 17.5 Å². The molecule has 0 saturated carbocycles. The third kappa shape index (κ3) is 3.66. The van der Waals surface area contributed by atoms with Crippen LogP contribution in [0.15, 0.2) is 148 Å². The van der Waals surface area contributed by atoms with Crippen molar-refractivity contribution in [2.45, 2.75) is 0 Å². The molecule has 0 spiro atoms. The van der Waals surface area contributed by atoms with E-state index < -0.39 is 0 Å². The Hall–Kier alpha value is -6.33. The number of nitrogens with zero attached hydrogens (tertiary/aromatic N) is 3. The minimum absolute atomic E-state index is 0.584. The Morgan fingerprint density at radius 1 is 0.370 bits per heavy atom. The second-order valence-corrected chi connectivity index (χ2v) is 11.6. The predicted molar refractivity (Wildman–Crippen MR) is 186 cm³/mol. The van der Waals surface area contributed by atoms with Crippen molar-refractivity contribution in [1.29, 1.82) is 0 Å². The third-order valence-electron chi connectivity index (χ3n) is 8.90. The lowest BCUT2D eigenvalue weighted by molar-refractivity contribution is 0.669. The monoisotopic (exact) mass is 589 g/mol. The van der Waals surface area contributed by atoms with Gasteiger partial charge in [-0.15, -0.1) is 0 Å². The molecule has 5 heteroatoms. The number of benzene rings is 7. The Morgan fingerprint density at radius 3 is 1.80 bits per heavy atom. The Morgan fingerprint density at radius 2 is 0.978 bits per heavy atom. The van der Waals surface area contributed by atoms with Crippen LogP contribution in [0.25, 0.3) is 99.6 Å². The molecule has 0 atom stereocenters. The van der Waals surface area contributed by atoms with Crippen molar-refractivity contribution in [3.63, 3.8) is 0 Å². The third-order valence-corrected chi connectivity index (χ3v) is 8.90. The Labute approximate surface area is 262 Å². The average Bonchev–Trinajstić information content (AvgIpc) is 3.70. The van der Waals surface area contributed by atoms with Crippen molar-refractivity contribution in [1.82, 2.24) is 15.0 Å². The SMILES string of the molecule is c1ccc(-c2nc(-c3cccc4oc5ccccc5c34)nc(-c3cc4ccc5ccccc5c4c4oc5ccccc5c34)n2)cc1. The van der Waals surface area contributed by atoms with Gasteiger partial charge in [0.15, 0.2) is 17.5 Å². The second kappa shape index (κ2) is 9.58. The summed E-state index contributed by atoms with van der Waals surface area (Å²) in [6.07, 6.45) is 0. The molecular formula is C41H23N3O2. The normalized spacial score (nSPS) is 11.9. The van der Waals surface area contributed by atoms with Gasteiger partial charge in [0, 0.05) is 43.6 Å². The summed E-state index contributed by atoms with van der Waals surface area (Å²) in [5.74, 6) is 1.77. The molecule has 10 rings (SSSR count). The van der Waals surface area contributed by atoms with Crippen LogP contribution in [-0.2, 0) is 0 Å². The fourth-order valence-corrected chi connectivity index (χ4v) is 6.85. The van der Waals surface area contributed by atoms with Crippen LogP contribution in [0, 0.1) is 0 Å². The van der Waals surface area contributed by atoms with Crippen molar-refractivity contribution in [3.8, 4) is 34.2 Å². The Kier molecular flexibility index (Phi) is 5.22. The number of rotatable bonds is 3. The molecular weight excluding hydrogens is 566 g/mol. The van der Waals surface area contributed by atoms with Gasteiger partial charge in [-0.1, -0.05) is 115 Å². The zero-order valence-electron chi connectivity index (χ0n) is 24.4. The van der Waals surface area contributed by atoms with E-state index in [9.17, 15) is 0 Å². The number of fused-ring (bicyclic) bond motifs is 10. The lowest BCUT2D eigenvalue weighted by Gasteiger charge is -2.12. The summed E-state index contributed by atoms with van der Waals surface area (Å²) in [5.41, 5.74) is 5.98. The maximum atomic E-state index is 6.68. The highest BCUT2D eigenvalue weighted by Gasteiger charge is 2.22. The van der Waals surface area contributed by atoms with Crippen molar-refractivity contribution < 1.29 is 8.83 Å². The standard InChI is InChI=1S/C41H23N3O2/c1-2-12-25(13-3-1)39-42-40(30-17-10-20-34-36(30)28-15-6-8-18-32(28)45-34)44-41(43-39)31-23-26-22-21-24-11-4-5-14-27(24)35(26)38-37(31)29-16-7-9-19-33(29)46-38/h1-23H. The highest BCUT2D eigenvalue weighted by atomic mass is 16.3. The molecule has 0 unspecified atom stereocenters. The van der Waals surface area contributed by atoms with E-state index in [1.54, 1.807) is 0 Å². The molecule has 0 fully saturated rings. The Bertz CT molecular complexity index is 2810. The maximum Gasteiger partial charge on any atom is 0.164 e. The summed E-state index contributed by atoms with van der Waals surface area (Å²) in [7, 11) is 0. The molecule has 0 aliphatic heterocycles. The molecule has 3 heterocycles. The van der Waals surface area contributed by atoms with Gasteiger partial charge < -0.3 is 8.83 Å². The van der Waals surface area contributed by atoms with Crippen LogP contribution in [0.3, 0.4) is 0 Å². The lowest BCUT2D eigenvalue weighted by Crippen LogP contribution is -2.01. The lowest BCUT2D eigenvalue weighted by atomic mass is 9.95. The first-order chi connectivity index (χ1) is 22.8. The van der Waals surface area contributed by atoms with E-state index >= 15 is 0 Å². The molecule has 0 amide bonds. The molecule has 0 aliphatic rings. The predicted octanol–water partition coefficient (Wildman–Crippen LogP) is 11.0. The van der Waals surface area contributed by atoms with Gasteiger partial charge in [0.25, 0.3) is 0 Å². The van der Waals surface area contributed by atoms with E-state index in [1.165, 1.54) is 5.39 Å². The first-order valence-electron chi connectivity index (χ1n) is 15.3. The molecule has 5 nitrogen and oxygen atoms in total. The molecule has 0 saturated heterocycles. The van der Waals surface area contributed by atoms with E-state index in [-0.39, 0.29) is 0 Å². The van der Waals surface area contributed by atoms with Gasteiger partial charge in [-0.25, -0.2) is 15.0 Å². The van der Waals surface area contributed by atoms with Crippen LogP contribution in [-0.4, -0.2) is 15.0 Å². The van der Waals surface area contributed by atoms with Crippen LogP contribution in [0.5, 0.6) is 0 Å². The number of hydrogen-bond donors (Lipinski definition) is 0. The van der Waals surface area contributed by atoms with Gasteiger partial charge in [0.1, 0.15) is 22.3 Å². The quantitative estimate of drug-likeness (QED) is 0.192. The van der Waals surface area contributed by atoms with E-state index in [0.717, 1.165) is 76.7 Å². The molecule has 214 valence electrons. The number of aromatic nitrogens is 3. The van der Waals surface area contributed by atoms with E-state index in [2.05, 4.69) is 60.7 Å². The number of para-hydroxylation sites is 2. The molecule has 0 bridgehead atoms. The van der Waals surface area contributed by atoms with Crippen LogP contribution in [0.1, 0.15) is 0 Å². The molecule has 0 aliphatic carbocycles. The number of hydrogen-bond acceptors (Lipinski definition) is 5. The van der Waals surface area contributed by atoms with Gasteiger partial charge >= 0.3 is 0 Å². The highest BCUT2D eigenvalue weighted by molar-refractivity contribution is 6.26. The second-order valence-electron chi connectivity index (χ2n) is 11.6. The molecule has 46 heavy (non-hydrogen) atoms. The molecule has 7 aromatic carbocycles. The van der Waals surface area contributed by atoms with Gasteiger partial charge in [0.05, 0.1) is 0 Å². The fraction of sp³-hybridized carbons (Fsp3) is 0. The van der Waals surface area contributed by atoms with E-state index in [1.807, 2.05) is 78.9 Å². The van der Waals surface area contributed by atoms with Gasteiger partial charge in [0.2, 0.25) is 0 Å². The van der Waals surface area contributed by atoms with Crippen LogP contribution in [0.2, 0.25) is 0 Å². The zero-order chi connectivity index (χ0) is 30.2. The average molecular weight is 590 g/mol.